The smallest absolute Gasteiger partial charge is 0.303 e. The summed E-state index contributed by atoms with van der Waals surface area (Å²) in [6, 6.07) is 9.36. The molecular weight excluding hydrogens is 364 g/mol. The molecule has 0 bridgehead atoms. The van der Waals surface area contributed by atoms with Gasteiger partial charge in [-0.2, -0.15) is 4.99 Å². The van der Waals surface area contributed by atoms with E-state index in [2.05, 4.69) is 4.99 Å². The lowest BCUT2D eigenvalue weighted by atomic mass is 10.1. The molecule has 3 rings (SSSR count). The number of hydrogen-bond donors (Lipinski definition) is 1. The standard InChI is InChI=1S/C16H18N2O5S2/c19-14(6-7-15(20)21)17-16-18(8-11-4-2-1-3-5-11)12-9-25(22,23)10-13(12)24-16/h1-5,12-13H,6-10H2,(H,20,21)/t12-,13+/m1/s1. The van der Waals surface area contributed by atoms with Crippen LogP contribution in [0.4, 0.5) is 0 Å². The molecule has 0 aromatic heterocycles. The van der Waals surface area contributed by atoms with E-state index in [1.54, 1.807) is 0 Å². The summed E-state index contributed by atoms with van der Waals surface area (Å²) in [4.78, 5) is 28.5. The first-order valence-electron chi connectivity index (χ1n) is 7.85. The van der Waals surface area contributed by atoms with Crippen LogP contribution in [0.15, 0.2) is 35.3 Å². The number of carbonyl (C=O) groups is 2. The number of sulfone groups is 1. The number of rotatable bonds is 5. The number of nitrogens with zero attached hydrogens (tertiary/aromatic N) is 2. The minimum absolute atomic E-state index is 0.0554. The number of hydrogen-bond acceptors (Lipinski definition) is 5. The molecule has 0 aliphatic carbocycles. The van der Waals surface area contributed by atoms with E-state index in [1.807, 2.05) is 35.2 Å². The maximum absolute atomic E-state index is 11.9. The average Bonchev–Trinajstić information content (AvgIpc) is 2.99. The van der Waals surface area contributed by atoms with Gasteiger partial charge in [0.1, 0.15) is 0 Å². The summed E-state index contributed by atoms with van der Waals surface area (Å²) in [6.45, 7) is 0.468. The predicted molar refractivity (Wildman–Crippen MR) is 95.1 cm³/mol. The number of amides is 1. The quantitative estimate of drug-likeness (QED) is 0.814. The molecule has 1 aromatic rings. The van der Waals surface area contributed by atoms with Crippen LogP contribution >= 0.6 is 11.8 Å². The number of aliphatic imine (C=N–C) groups is 1. The Kier molecular flexibility index (Phi) is 5.14. The molecule has 2 saturated heterocycles. The van der Waals surface area contributed by atoms with Gasteiger partial charge in [0.15, 0.2) is 15.0 Å². The lowest BCUT2D eigenvalue weighted by Crippen LogP contribution is -2.37. The number of carboxylic acid groups (broad SMARTS) is 1. The highest BCUT2D eigenvalue weighted by Gasteiger charge is 2.48. The van der Waals surface area contributed by atoms with Crippen LogP contribution in [0.2, 0.25) is 0 Å². The van der Waals surface area contributed by atoms with Crippen LogP contribution in [0.25, 0.3) is 0 Å². The molecule has 9 heteroatoms. The topological polar surface area (TPSA) is 104 Å². The highest BCUT2D eigenvalue weighted by Crippen LogP contribution is 2.39. The fourth-order valence-corrected chi connectivity index (χ4v) is 6.95. The van der Waals surface area contributed by atoms with Crippen molar-refractivity contribution in [3.8, 4) is 0 Å². The van der Waals surface area contributed by atoms with Crippen molar-refractivity contribution in [2.75, 3.05) is 11.5 Å². The third-order valence-corrected chi connectivity index (χ3v) is 7.39. The Balaban J connectivity index is 1.81. The number of carboxylic acids is 1. The van der Waals surface area contributed by atoms with Crippen LogP contribution < -0.4 is 0 Å². The summed E-state index contributed by atoms with van der Waals surface area (Å²) in [7, 11) is -3.08. The van der Waals surface area contributed by atoms with E-state index in [9.17, 15) is 18.0 Å². The van der Waals surface area contributed by atoms with E-state index in [0.29, 0.717) is 11.7 Å². The Morgan fingerprint density at radius 1 is 1.20 bits per heavy atom. The molecule has 7 nitrogen and oxygen atoms in total. The molecule has 2 aliphatic heterocycles. The lowest BCUT2D eigenvalue weighted by Gasteiger charge is -2.24. The number of fused-ring (bicyclic) bond motifs is 1. The zero-order valence-corrected chi connectivity index (χ0v) is 15.0. The summed E-state index contributed by atoms with van der Waals surface area (Å²) < 4.78 is 23.9. The third-order valence-electron chi connectivity index (χ3n) is 4.14. The zero-order valence-electron chi connectivity index (χ0n) is 13.4. The molecule has 25 heavy (non-hydrogen) atoms. The van der Waals surface area contributed by atoms with E-state index in [0.717, 1.165) is 5.56 Å². The van der Waals surface area contributed by atoms with Crippen LogP contribution in [0.1, 0.15) is 18.4 Å². The van der Waals surface area contributed by atoms with Gasteiger partial charge in [0.05, 0.1) is 24.0 Å². The maximum atomic E-state index is 11.9. The van der Waals surface area contributed by atoms with Gasteiger partial charge in [-0.05, 0) is 5.56 Å². The minimum Gasteiger partial charge on any atom is -0.481 e. The van der Waals surface area contributed by atoms with Gasteiger partial charge in [0, 0.05) is 18.2 Å². The third kappa shape index (κ3) is 4.40. The minimum atomic E-state index is -3.08. The van der Waals surface area contributed by atoms with Crippen molar-refractivity contribution >= 4 is 38.6 Å². The van der Waals surface area contributed by atoms with Crippen LogP contribution in [0.3, 0.4) is 0 Å². The van der Waals surface area contributed by atoms with Gasteiger partial charge in [-0.25, -0.2) is 8.42 Å². The molecule has 1 amide bonds. The van der Waals surface area contributed by atoms with Crippen molar-refractivity contribution in [3.05, 3.63) is 35.9 Å². The molecule has 1 aromatic carbocycles. The molecule has 1 N–H and O–H groups in total. The summed E-state index contributed by atoms with van der Waals surface area (Å²) in [5, 5.41) is 9.03. The van der Waals surface area contributed by atoms with Crippen molar-refractivity contribution in [1.29, 1.82) is 0 Å². The Morgan fingerprint density at radius 2 is 1.92 bits per heavy atom. The maximum Gasteiger partial charge on any atom is 0.303 e. The van der Waals surface area contributed by atoms with Crippen molar-refractivity contribution in [1.82, 2.24) is 4.90 Å². The molecule has 2 heterocycles. The van der Waals surface area contributed by atoms with Gasteiger partial charge in [0.25, 0.3) is 0 Å². The van der Waals surface area contributed by atoms with Crippen molar-refractivity contribution in [2.45, 2.75) is 30.7 Å². The largest absolute Gasteiger partial charge is 0.481 e. The number of amidine groups is 1. The normalized spacial score (nSPS) is 25.9. The summed E-state index contributed by atoms with van der Waals surface area (Å²) >= 11 is 1.30. The van der Waals surface area contributed by atoms with E-state index in [-0.39, 0.29) is 35.6 Å². The Morgan fingerprint density at radius 3 is 2.60 bits per heavy atom. The SMILES string of the molecule is O=C(O)CCC(=O)N=C1S[C@H]2CS(=O)(=O)C[C@H]2N1Cc1ccccc1. The van der Waals surface area contributed by atoms with Crippen LogP contribution in [-0.4, -0.2) is 58.3 Å². The number of benzene rings is 1. The van der Waals surface area contributed by atoms with Gasteiger partial charge >= 0.3 is 5.97 Å². The van der Waals surface area contributed by atoms with Gasteiger partial charge in [-0.1, -0.05) is 42.1 Å². The van der Waals surface area contributed by atoms with E-state index >= 15 is 0 Å². The molecule has 0 unspecified atom stereocenters. The average molecular weight is 382 g/mol. The summed E-state index contributed by atoms with van der Waals surface area (Å²) in [5.41, 5.74) is 0.999. The van der Waals surface area contributed by atoms with E-state index < -0.39 is 21.7 Å². The van der Waals surface area contributed by atoms with Gasteiger partial charge in [-0.15, -0.1) is 0 Å². The molecule has 0 saturated carbocycles. The highest BCUT2D eigenvalue weighted by atomic mass is 32.2. The molecule has 0 spiro atoms. The fourth-order valence-electron chi connectivity index (χ4n) is 2.98. The van der Waals surface area contributed by atoms with Crippen LogP contribution in [0, 0.1) is 0 Å². The molecule has 134 valence electrons. The van der Waals surface area contributed by atoms with Crippen molar-refractivity contribution < 1.29 is 23.1 Å². The zero-order chi connectivity index (χ0) is 18.0. The Labute approximate surface area is 150 Å². The van der Waals surface area contributed by atoms with E-state index in [4.69, 9.17) is 5.11 Å². The molecule has 0 radical (unpaired) electrons. The first-order valence-corrected chi connectivity index (χ1v) is 10.5. The summed E-state index contributed by atoms with van der Waals surface area (Å²) in [5.74, 6) is -1.40. The molecule has 2 fully saturated rings. The first kappa shape index (κ1) is 17.9. The highest BCUT2D eigenvalue weighted by molar-refractivity contribution is 8.15. The second-order valence-electron chi connectivity index (χ2n) is 6.10. The Hall–Kier alpha value is -1.87. The second-order valence-corrected chi connectivity index (χ2v) is 9.46. The van der Waals surface area contributed by atoms with Crippen molar-refractivity contribution in [2.24, 2.45) is 4.99 Å². The molecule has 2 atom stereocenters. The number of carbonyl (C=O) groups excluding carboxylic acids is 1. The predicted octanol–water partition coefficient (Wildman–Crippen LogP) is 1.15. The van der Waals surface area contributed by atoms with E-state index in [1.165, 1.54) is 11.8 Å². The Bertz CT molecular complexity index is 807. The number of aliphatic carboxylic acids is 1. The van der Waals surface area contributed by atoms with Gasteiger partial charge in [0.2, 0.25) is 5.91 Å². The van der Waals surface area contributed by atoms with Crippen LogP contribution in [-0.2, 0) is 26.0 Å². The van der Waals surface area contributed by atoms with Crippen LogP contribution in [0.5, 0.6) is 0 Å². The van der Waals surface area contributed by atoms with Gasteiger partial charge < -0.3 is 10.0 Å². The molecule has 2 aliphatic rings. The fraction of sp³-hybridized carbons (Fsp3) is 0.438. The first-order chi connectivity index (χ1) is 11.8. The number of thioether (sulfide) groups is 1. The summed E-state index contributed by atoms with van der Waals surface area (Å²) in [6.07, 6.45) is -0.424. The monoisotopic (exact) mass is 382 g/mol. The van der Waals surface area contributed by atoms with Crippen molar-refractivity contribution in [3.63, 3.8) is 0 Å². The van der Waals surface area contributed by atoms with Gasteiger partial charge in [-0.3, -0.25) is 9.59 Å². The second kappa shape index (κ2) is 7.17. The molecular formula is C16H18N2O5S2. The lowest BCUT2D eigenvalue weighted by molar-refractivity contribution is -0.138.